The fourth-order valence-electron chi connectivity index (χ4n) is 3.75. The highest BCUT2D eigenvalue weighted by atomic mass is 32.2. The zero-order valence-corrected chi connectivity index (χ0v) is 17.7. The molecule has 4 rings (SSSR count). The molecule has 0 saturated carbocycles. The Labute approximate surface area is 179 Å². The van der Waals surface area contributed by atoms with Crippen LogP contribution in [0.5, 0.6) is 0 Å². The Morgan fingerprint density at radius 2 is 1.74 bits per heavy atom. The zero-order chi connectivity index (χ0) is 22.2. The van der Waals surface area contributed by atoms with Gasteiger partial charge in [-0.1, -0.05) is 18.2 Å². The molecule has 2 aromatic carbocycles. The van der Waals surface area contributed by atoms with Crippen LogP contribution in [-0.4, -0.2) is 63.5 Å². The number of rotatable bonds is 4. The number of sulfonamides is 1. The first-order chi connectivity index (χ1) is 14.8. The van der Waals surface area contributed by atoms with E-state index in [0.29, 0.717) is 37.6 Å². The van der Waals surface area contributed by atoms with Gasteiger partial charge in [0.15, 0.2) is 0 Å². The lowest BCUT2D eigenvalue weighted by atomic mass is 10.1. The van der Waals surface area contributed by atoms with Crippen molar-refractivity contribution in [1.29, 1.82) is 0 Å². The number of ether oxygens (including phenoxy) is 1. The summed E-state index contributed by atoms with van der Waals surface area (Å²) in [7, 11) is -2.73. The van der Waals surface area contributed by atoms with E-state index >= 15 is 0 Å². The van der Waals surface area contributed by atoms with E-state index in [1.54, 1.807) is 11.0 Å². The van der Waals surface area contributed by atoms with Crippen molar-refractivity contribution in [2.24, 2.45) is 5.14 Å². The van der Waals surface area contributed by atoms with Gasteiger partial charge in [0.05, 0.1) is 23.3 Å². The van der Waals surface area contributed by atoms with E-state index < -0.39 is 16.0 Å². The molecule has 31 heavy (non-hydrogen) atoms. The van der Waals surface area contributed by atoms with Gasteiger partial charge in [0, 0.05) is 37.1 Å². The number of aromatic amines is 1. The molecule has 0 bridgehead atoms. The highest BCUT2D eigenvalue weighted by Crippen LogP contribution is 2.26. The number of anilines is 1. The van der Waals surface area contributed by atoms with E-state index in [9.17, 15) is 18.0 Å². The predicted molar refractivity (Wildman–Crippen MR) is 116 cm³/mol. The number of fused-ring (bicyclic) bond motifs is 1. The van der Waals surface area contributed by atoms with Crippen LogP contribution in [0.4, 0.5) is 5.69 Å². The fraction of sp³-hybridized carbons (Fsp3) is 0.238. The molecule has 1 aromatic heterocycles. The van der Waals surface area contributed by atoms with Crippen LogP contribution in [0, 0.1) is 0 Å². The van der Waals surface area contributed by atoms with Crippen LogP contribution in [0.25, 0.3) is 10.9 Å². The topological polar surface area (TPSA) is 126 Å². The van der Waals surface area contributed by atoms with Crippen LogP contribution in [0.15, 0.2) is 53.4 Å². The Morgan fingerprint density at radius 3 is 2.39 bits per heavy atom. The summed E-state index contributed by atoms with van der Waals surface area (Å²) in [5.41, 5.74) is 2.09. The van der Waals surface area contributed by atoms with Crippen LogP contribution < -0.4 is 10.0 Å². The van der Waals surface area contributed by atoms with Crippen molar-refractivity contribution in [3.63, 3.8) is 0 Å². The van der Waals surface area contributed by atoms with Gasteiger partial charge in [0.2, 0.25) is 10.0 Å². The van der Waals surface area contributed by atoms with Gasteiger partial charge in [-0.25, -0.2) is 18.4 Å². The number of hydrogen-bond acceptors (Lipinski definition) is 6. The van der Waals surface area contributed by atoms with Gasteiger partial charge >= 0.3 is 5.97 Å². The Bertz CT molecular complexity index is 1230. The number of para-hydroxylation sites is 1. The molecular weight excluding hydrogens is 420 g/mol. The Hall–Kier alpha value is -3.37. The van der Waals surface area contributed by atoms with E-state index in [1.807, 2.05) is 35.2 Å². The predicted octanol–water partition coefficient (Wildman–Crippen LogP) is 1.56. The standard InChI is InChI=1S/C21H22N4O5S/c1-30-21(27)16-13-15(31(22,28)29)6-7-19(16)24-8-10-25(11-9-24)20(26)18-12-14-4-2-3-5-17(14)23-18/h2-7,12-13,23H,8-11H2,1H3,(H2,22,28,29). The molecule has 1 saturated heterocycles. The first-order valence-electron chi connectivity index (χ1n) is 9.65. The molecule has 0 aliphatic carbocycles. The average molecular weight is 442 g/mol. The van der Waals surface area contributed by atoms with Crippen molar-refractivity contribution in [3.05, 3.63) is 59.8 Å². The van der Waals surface area contributed by atoms with E-state index in [2.05, 4.69) is 4.98 Å². The maximum atomic E-state index is 12.9. The van der Waals surface area contributed by atoms with E-state index in [4.69, 9.17) is 9.88 Å². The van der Waals surface area contributed by atoms with Gasteiger partial charge in [-0.2, -0.15) is 0 Å². The van der Waals surface area contributed by atoms with Gasteiger partial charge in [-0.05, 0) is 30.3 Å². The van der Waals surface area contributed by atoms with Gasteiger partial charge in [-0.3, -0.25) is 4.79 Å². The maximum Gasteiger partial charge on any atom is 0.340 e. The number of carbonyl (C=O) groups excluding carboxylic acids is 2. The van der Waals surface area contributed by atoms with Gasteiger partial charge < -0.3 is 19.5 Å². The number of piperazine rings is 1. The lowest BCUT2D eigenvalue weighted by Gasteiger charge is -2.36. The molecule has 0 atom stereocenters. The number of aromatic nitrogens is 1. The number of carbonyl (C=O) groups is 2. The molecule has 0 spiro atoms. The third kappa shape index (κ3) is 4.12. The van der Waals surface area contributed by atoms with Crippen molar-refractivity contribution in [1.82, 2.24) is 9.88 Å². The Kier molecular flexibility index (Phi) is 5.42. The third-order valence-electron chi connectivity index (χ3n) is 5.37. The summed E-state index contributed by atoms with van der Waals surface area (Å²) in [6.45, 7) is 1.85. The molecule has 9 nitrogen and oxygen atoms in total. The monoisotopic (exact) mass is 442 g/mol. The number of esters is 1. The first kappa shape index (κ1) is 20.9. The van der Waals surface area contributed by atoms with Crippen LogP contribution in [0.1, 0.15) is 20.8 Å². The van der Waals surface area contributed by atoms with E-state index in [-0.39, 0.29) is 16.4 Å². The summed E-state index contributed by atoms with van der Waals surface area (Å²) in [5, 5.41) is 6.16. The molecule has 1 aliphatic rings. The van der Waals surface area contributed by atoms with Crippen LogP contribution in [0.3, 0.4) is 0 Å². The highest BCUT2D eigenvalue weighted by molar-refractivity contribution is 7.89. The number of nitrogens with zero attached hydrogens (tertiary/aromatic N) is 2. The molecular formula is C21H22N4O5S. The first-order valence-corrected chi connectivity index (χ1v) is 11.2. The lowest BCUT2D eigenvalue weighted by Crippen LogP contribution is -2.49. The second-order valence-corrected chi connectivity index (χ2v) is 8.83. The van der Waals surface area contributed by atoms with Crippen LogP contribution in [0.2, 0.25) is 0 Å². The molecule has 1 aliphatic heterocycles. The largest absolute Gasteiger partial charge is 0.465 e. The van der Waals surface area contributed by atoms with Gasteiger partial charge in [0.1, 0.15) is 5.69 Å². The number of benzene rings is 2. The summed E-state index contributed by atoms with van der Waals surface area (Å²) in [5.74, 6) is -0.745. The quantitative estimate of drug-likeness (QED) is 0.591. The smallest absolute Gasteiger partial charge is 0.340 e. The summed E-state index contributed by atoms with van der Waals surface area (Å²) in [6, 6.07) is 13.7. The van der Waals surface area contributed by atoms with Crippen molar-refractivity contribution in [2.45, 2.75) is 4.90 Å². The van der Waals surface area contributed by atoms with Crippen LogP contribution in [-0.2, 0) is 14.8 Å². The highest BCUT2D eigenvalue weighted by Gasteiger charge is 2.27. The number of nitrogens with two attached hydrogens (primary N) is 1. The maximum absolute atomic E-state index is 12.9. The van der Waals surface area contributed by atoms with Crippen molar-refractivity contribution < 1.29 is 22.7 Å². The second-order valence-electron chi connectivity index (χ2n) is 7.27. The number of H-pyrrole nitrogens is 1. The summed E-state index contributed by atoms with van der Waals surface area (Å²) in [6.07, 6.45) is 0. The average Bonchev–Trinajstić information content (AvgIpc) is 3.21. The SMILES string of the molecule is COC(=O)c1cc(S(N)(=O)=O)ccc1N1CCN(C(=O)c2cc3ccccc3[nH]2)CC1. The molecule has 1 amide bonds. The summed E-state index contributed by atoms with van der Waals surface area (Å²) < 4.78 is 28.1. The normalized spacial score (nSPS) is 14.6. The molecule has 2 heterocycles. The molecule has 3 aromatic rings. The number of methoxy groups -OCH3 is 1. The third-order valence-corrected chi connectivity index (χ3v) is 6.28. The Balaban J connectivity index is 1.53. The van der Waals surface area contributed by atoms with Crippen LogP contribution >= 0.6 is 0 Å². The number of hydrogen-bond donors (Lipinski definition) is 2. The van der Waals surface area contributed by atoms with Crippen molar-refractivity contribution in [3.8, 4) is 0 Å². The van der Waals surface area contributed by atoms with Crippen molar-refractivity contribution >= 4 is 38.5 Å². The molecule has 3 N–H and O–H groups in total. The molecule has 0 radical (unpaired) electrons. The molecule has 0 unspecified atom stereocenters. The van der Waals surface area contributed by atoms with Crippen molar-refractivity contribution in [2.75, 3.05) is 38.2 Å². The number of nitrogens with one attached hydrogen (secondary N) is 1. The molecule has 162 valence electrons. The van der Waals surface area contributed by atoms with Gasteiger partial charge in [-0.15, -0.1) is 0 Å². The minimum atomic E-state index is -3.96. The summed E-state index contributed by atoms with van der Waals surface area (Å²) >= 11 is 0. The zero-order valence-electron chi connectivity index (χ0n) is 16.9. The van der Waals surface area contributed by atoms with Gasteiger partial charge in [0.25, 0.3) is 5.91 Å². The molecule has 1 fully saturated rings. The minimum absolute atomic E-state index is 0.0892. The van der Waals surface area contributed by atoms with E-state index in [0.717, 1.165) is 10.9 Å². The summed E-state index contributed by atoms with van der Waals surface area (Å²) in [4.78, 5) is 31.8. The Morgan fingerprint density at radius 1 is 1.03 bits per heavy atom. The number of primary sulfonamides is 1. The lowest BCUT2D eigenvalue weighted by molar-refractivity contribution is 0.0599. The number of amides is 1. The molecule has 10 heteroatoms. The van der Waals surface area contributed by atoms with E-state index in [1.165, 1.54) is 19.2 Å². The minimum Gasteiger partial charge on any atom is -0.465 e. The fourth-order valence-corrected chi connectivity index (χ4v) is 4.29. The second kappa shape index (κ2) is 8.05.